The Morgan fingerprint density at radius 2 is 2.00 bits per heavy atom. The van der Waals surface area contributed by atoms with Gasteiger partial charge in [0.25, 0.3) is 10.2 Å². The number of hydrogen-bond donors (Lipinski definition) is 1. The highest BCUT2D eigenvalue weighted by Crippen LogP contribution is 2.20. The van der Waals surface area contributed by atoms with Crippen LogP contribution in [0.1, 0.15) is 12.8 Å². The molecule has 19 heavy (non-hydrogen) atoms. The van der Waals surface area contributed by atoms with Gasteiger partial charge in [0, 0.05) is 26.2 Å². The molecule has 0 aromatic carbocycles. The van der Waals surface area contributed by atoms with E-state index in [4.69, 9.17) is 0 Å². The Morgan fingerprint density at radius 3 is 2.53 bits per heavy atom. The largest absolute Gasteiger partial charge is 0.319 e. The van der Waals surface area contributed by atoms with Gasteiger partial charge in [0.2, 0.25) is 0 Å². The monoisotopic (exact) mass is 287 g/mol. The molecule has 0 aromatic rings. The number of nitrogens with one attached hydrogen (secondary N) is 1. The minimum absolute atomic E-state index is 0.321. The van der Waals surface area contributed by atoms with Crippen molar-refractivity contribution in [3.8, 4) is 0 Å². The second-order valence-corrected chi connectivity index (χ2v) is 6.75. The quantitative estimate of drug-likeness (QED) is 0.673. The molecule has 1 unspecified atom stereocenters. The standard InChI is InChI=1S/C13H25N3O2S/c1-4-8-15(9-5-2)19(17,18)16-10-6-7-13(12-16)11-14-3/h4-5,13-14H,1-2,6-12H2,3H3. The van der Waals surface area contributed by atoms with Crippen LogP contribution in [0.3, 0.4) is 0 Å². The Bertz CT molecular complexity index is 383. The molecule has 1 rings (SSSR count). The summed E-state index contributed by atoms with van der Waals surface area (Å²) in [4.78, 5) is 0. The van der Waals surface area contributed by atoms with E-state index in [0.717, 1.165) is 19.4 Å². The van der Waals surface area contributed by atoms with E-state index in [0.29, 0.717) is 32.1 Å². The van der Waals surface area contributed by atoms with Gasteiger partial charge in [-0.15, -0.1) is 13.2 Å². The van der Waals surface area contributed by atoms with Crippen molar-refractivity contribution in [3.05, 3.63) is 25.3 Å². The van der Waals surface area contributed by atoms with Crippen molar-refractivity contribution in [1.82, 2.24) is 13.9 Å². The molecule has 1 saturated heterocycles. The molecule has 0 bridgehead atoms. The van der Waals surface area contributed by atoms with Gasteiger partial charge in [-0.2, -0.15) is 17.0 Å². The highest BCUT2D eigenvalue weighted by molar-refractivity contribution is 7.86. The molecule has 0 amide bonds. The smallest absolute Gasteiger partial charge is 0.282 e. The van der Waals surface area contributed by atoms with Crippen LogP contribution in [0.2, 0.25) is 0 Å². The first kappa shape index (κ1) is 16.4. The Balaban J connectivity index is 2.78. The van der Waals surface area contributed by atoms with E-state index in [2.05, 4.69) is 18.5 Å². The summed E-state index contributed by atoms with van der Waals surface area (Å²) >= 11 is 0. The molecular weight excluding hydrogens is 262 g/mol. The van der Waals surface area contributed by atoms with Crippen molar-refractivity contribution in [2.45, 2.75) is 12.8 Å². The highest BCUT2D eigenvalue weighted by atomic mass is 32.2. The molecule has 1 aliphatic rings. The Hall–Kier alpha value is -0.690. The highest BCUT2D eigenvalue weighted by Gasteiger charge is 2.32. The maximum absolute atomic E-state index is 12.6. The third-order valence-electron chi connectivity index (χ3n) is 3.29. The van der Waals surface area contributed by atoms with Gasteiger partial charge in [0.15, 0.2) is 0 Å². The first-order valence-corrected chi connectivity index (χ1v) is 8.07. The summed E-state index contributed by atoms with van der Waals surface area (Å²) < 4.78 is 28.1. The lowest BCUT2D eigenvalue weighted by molar-refractivity contribution is 0.249. The van der Waals surface area contributed by atoms with Crippen molar-refractivity contribution in [2.24, 2.45) is 5.92 Å². The molecule has 110 valence electrons. The van der Waals surface area contributed by atoms with Crippen LogP contribution < -0.4 is 5.32 Å². The number of nitrogens with zero attached hydrogens (tertiary/aromatic N) is 2. The van der Waals surface area contributed by atoms with Crippen LogP contribution in [0.5, 0.6) is 0 Å². The lowest BCUT2D eigenvalue weighted by Gasteiger charge is -2.35. The van der Waals surface area contributed by atoms with Crippen molar-refractivity contribution in [1.29, 1.82) is 0 Å². The van der Waals surface area contributed by atoms with Crippen LogP contribution in [0.15, 0.2) is 25.3 Å². The minimum atomic E-state index is -3.40. The van der Waals surface area contributed by atoms with Gasteiger partial charge in [-0.3, -0.25) is 0 Å². The first-order valence-electron chi connectivity index (χ1n) is 6.67. The van der Waals surface area contributed by atoms with E-state index in [9.17, 15) is 8.42 Å². The van der Waals surface area contributed by atoms with Crippen LogP contribution in [0.25, 0.3) is 0 Å². The van der Waals surface area contributed by atoms with Crippen LogP contribution in [-0.2, 0) is 10.2 Å². The van der Waals surface area contributed by atoms with Crippen molar-refractivity contribution < 1.29 is 8.42 Å². The zero-order valence-corrected chi connectivity index (χ0v) is 12.5. The second kappa shape index (κ2) is 7.79. The number of hydrogen-bond acceptors (Lipinski definition) is 3. The molecule has 0 radical (unpaired) electrons. The molecule has 0 spiro atoms. The van der Waals surface area contributed by atoms with Crippen molar-refractivity contribution >= 4 is 10.2 Å². The van der Waals surface area contributed by atoms with E-state index in [1.807, 2.05) is 7.05 Å². The summed E-state index contributed by atoms with van der Waals surface area (Å²) in [5.74, 6) is 0.392. The molecule has 1 fully saturated rings. The molecule has 1 heterocycles. The van der Waals surface area contributed by atoms with E-state index >= 15 is 0 Å². The van der Waals surface area contributed by atoms with Gasteiger partial charge >= 0.3 is 0 Å². The topological polar surface area (TPSA) is 52.7 Å². The molecule has 6 heteroatoms. The predicted octanol–water partition coefficient (Wildman–Crippen LogP) is 0.837. The zero-order valence-electron chi connectivity index (χ0n) is 11.7. The Kier molecular flexibility index (Phi) is 6.71. The first-order chi connectivity index (χ1) is 9.06. The summed E-state index contributed by atoms with van der Waals surface area (Å²) in [6, 6.07) is 0. The van der Waals surface area contributed by atoms with Gasteiger partial charge in [-0.1, -0.05) is 12.2 Å². The van der Waals surface area contributed by atoms with Crippen LogP contribution in [0.4, 0.5) is 0 Å². The van der Waals surface area contributed by atoms with Gasteiger partial charge in [0.1, 0.15) is 0 Å². The van der Waals surface area contributed by atoms with Gasteiger partial charge < -0.3 is 5.32 Å². The molecule has 0 aromatic heterocycles. The molecular formula is C13H25N3O2S. The van der Waals surface area contributed by atoms with Gasteiger partial charge in [0.05, 0.1) is 0 Å². The zero-order chi connectivity index (χ0) is 14.3. The molecule has 0 saturated carbocycles. The van der Waals surface area contributed by atoms with E-state index < -0.39 is 10.2 Å². The van der Waals surface area contributed by atoms with Crippen LogP contribution >= 0.6 is 0 Å². The molecule has 0 aliphatic carbocycles. The summed E-state index contributed by atoms with van der Waals surface area (Å²) in [6.07, 6.45) is 5.21. The fourth-order valence-electron chi connectivity index (χ4n) is 2.41. The molecule has 1 N–H and O–H groups in total. The maximum atomic E-state index is 12.6. The van der Waals surface area contributed by atoms with Crippen LogP contribution in [-0.4, -0.2) is 56.8 Å². The third-order valence-corrected chi connectivity index (χ3v) is 5.23. The average Bonchev–Trinajstić information content (AvgIpc) is 2.39. The third kappa shape index (κ3) is 4.42. The molecule has 1 atom stereocenters. The lowest BCUT2D eigenvalue weighted by atomic mass is 10.00. The average molecular weight is 287 g/mol. The van der Waals surface area contributed by atoms with Crippen LogP contribution in [0, 0.1) is 5.92 Å². The summed E-state index contributed by atoms with van der Waals surface area (Å²) in [5.41, 5.74) is 0. The van der Waals surface area contributed by atoms with Crippen molar-refractivity contribution in [3.63, 3.8) is 0 Å². The van der Waals surface area contributed by atoms with E-state index in [-0.39, 0.29) is 0 Å². The maximum Gasteiger partial charge on any atom is 0.282 e. The number of rotatable bonds is 8. The summed E-state index contributed by atoms with van der Waals surface area (Å²) in [6.45, 7) is 9.93. The Morgan fingerprint density at radius 1 is 1.37 bits per heavy atom. The fraction of sp³-hybridized carbons (Fsp3) is 0.692. The van der Waals surface area contributed by atoms with E-state index in [1.165, 1.54) is 4.31 Å². The molecule has 1 aliphatic heterocycles. The molecule has 5 nitrogen and oxygen atoms in total. The fourth-order valence-corrected chi connectivity index (χ4v) is 4.08. The SMILES string of the molecule is C=CCN(CC=C)S(=O)(=O)N1CCCC(CNC)C1. The summed E-state index contributed by atoms with van der Waals surface area (Å²) in [5, 5.41) is 3.12. The Labute approximate surface area is 117 Å². The minimum Gasteiger partial charge on any atom is -0.319 e. The van der Waals surface area contributed by atoms with Gasteiger partial charge in [-0.05, 0) is 32.4 Å². The van der Waals surface area contributed by atoms with Crippen molar-refractivity contribution in [2.75, 3.05) is 39.8 Å². The predicted molar refractivity (Wildman–Crippen MR) is 79.1 cm³/mol. The van der Waals surface area contributed by atoms with E-state index in [1.54, 1.807) is 16.5 Å². The lowest BCUT2D eigenvalue weighted by Crippen LogP contribution is -2.49. The normalized spacial score (nSPS) is 21.5. The summed E-state index contributed by atoms with van der Waals surface area (Å²) in [7, 11) is -1.51. The number of piperidine rings is 1. The van der Waals surface area contributed by atoms with Gasteiger partial charge in [-0.25, -0.2) is 0 Å². The second-order valence-electron chi connectivity index (χ2n) is 4.83.